The number of thiophene rings is 1. The third kappa shape index (κ3) is 3.78. The second-order valence-corrected chi connectivity index (χ2v) is 7.67. The quantitative estimate of drug-likeness (QED) is 0.686. The number of carbonyl (C=O) groups is 1. The third-order valence-corrected chi connectivity index (χ3v) is 5.27. The maximum absolute atomic E-state index is 11.9. The molecule has 3 nitrogen and oxygen atoms in total. The molecule has 3 aromatic rings. The Balaban J connectivity index is 1.46. The molecular weight excluding hydrogens is 360 g/mol. The second kappa shape index (κ2) is 7.11. The first-order chi connectivity index (χ1) is 10.7. The number of carbonyl (C=O) groups excluding carboxylic acids is 1. The van der Waals surface area contributed by atoms with Crippen molar-refractivity contribution in [3.05, 3.63) is 57.3 Å². The fourth-order valence-electron chi connectivity index (χ4n) is 2.46. The Kier molecular flexibility index (Phi) is 4.95. The summed E-state index contributed by atoms with van der Waals surface area (Å²) in [6.07, 6.45) is 3.43. The number of hydrogen-bond acceptors (Lipinski definition) is 2. The van der Waals surface area contributed by atoms with Crippen molar-refractivity contribution in [3.8, 4) is 0 Å². The molecule has 0 spiro atoms. The van der Waals surface area contributed by atoms with Gasteiger partial charge in [0.05, 0.1) is 3.79 Å². The third-order valence-electron chi connectivity index (χ3n) is 3.58. The molecule has 0 aliphatic rings. The lowest BCUT2D eigenvalue weighted by atomic mass is 10.2. The summed E-state index contributed by atoms with van der Waals surface area (Å²) in [4.78, 5) is 13.2. The summed E-state index contributed by atoms with van der Waals surface area (Å²) < 4.78 is 3.26. The van der Waals surface area contributed by atoms with E-state index in [4.69, 9.17) is 0 Å². The first-order valence-corrected chi connectivity index (χ1v) is 8.88. The molecule has 2 aromatic heterocycles. The number of aromatic nitrogens is 1. The average molecular weight is 377 g/mol. The van der Waals surface area contributed by atoms with Gasteiger partial charge in [-0.25, -0.2) is 0 Å². The van der Waals surface area contributed by atoms with Crippen molar-refractivity contribution in [3.63, 3.8) is 0 Å². The lowest BCUT2D eigenvalue weighted by Gasteiger charge is -2.06. The SMILES string of the molecule is O=C(CCn1ccc2ccccc21)NCCc1ccc(Br)s1. The summed E-state index contributed by atoms with van der Waals surface area (Å²) in [7, 11) is 0. The van der Waals surface area contributed by atoms with Crippen LogP contribution in [0.5, 0.6) is 0 Å². The maximum Gasteiger partial charge on any atom is 0.221 e. The van der Waals surface area contributed by atoms with Crippen LogP contribution < -0.4 is 5.32 Å². The van der Waals surface area contributed by atoms with Gasteiger partial charge in [-0.15, -0.1) is 11.3 Å². The minimum absolute atomic E-state index is 0.105. The molecule has 0 aliphatic carbocycles. The molecule has 5 heteroatoms. The van der Waals surface area contributed by atoms with Crippen LogP contribution in [0.15, 0.2) is 52.4 Å². The van der Waals surface area contributed by atoms with E-state index in [2.05, 4.69) is 50.1 Å². The fourth-order valence-corrected chi connectivity index (χ4v) is 3.94. The second-order valence-electron chi connectivity index (χ2n) is 5.12. The monoisotopic (exact) mass is 376 g/mol. The Bertz CT molecular complexity index is 778. The molecule has 1 amide bonds. The highest BCUT2D eigenvalue weighted by molar-refractivity contribution is 9.11. The van der Waals surface area contributed by atoms with Gasteiger partial charge in [0.25, 0.3) is 0 Å². The first kappa shape index (κ1) is 15.3. The summed E-state index contributed by atoms with van der Waals surface area (Å²) in [5.41, 5.74) is 1.18. The van der Waals surface area contributed by atoms with Crippen molar-refractivity contribution in [2.45, 2.75) is 19.4 Å². The molecule has 2 heterocycles. The number of fused-ring (bicyclic) bond motifs is 1. The zero-order chi connectivity index (χ0) is 15.4. The number of hydrogen-bond donors (Lipinski definition) is 1. The van der Waals surface area contributed by atoms with Crippen molar-refractivity contribution >= 4 is 44.1 Å². The van der Waals surface area contributed by atoms with Gasteiger partial charge in [0.15, 0.2) is 0 Å². The Morgan fingerprint density at radius 3 is 2.86 bits per heavy atom. The zero-order valence-corrected chi connectivity index (χ0v) is 14.5. The average Bonchev–Trinajstić information content (AvgIpc) is 3.11. The summed E-state index contributed by atoms with van der Waals surface area (Å²) in [5.74, 6) is 0.105. The van der Waals surface area contributed by atoms with E-state index in [1.54, 1.807) is 11.3 Å². The van der Waals surface area contributed by atoms with Crippen LogP contribution in [0.4, 0.5) is 0 Å². The van der Waals surface area contributed by atoms with Gasteiger partial charge >= 0.3 is 0 Å². The van der Waals surface area contributed by atoms with Gasteiger partial charge in [0, 0.05) is 36.1 Å². The smallest absolute Gasteiger partial charge is 0.221 e. The minimum Gasteiger partial charge on any atom is -0.356 e. The summed E-state index contributed by atoms with van der Waals surface area (Å²) >= 11 is 5.16. The van der Waals surface area contributed by atoms with Crippen molar-refractivity contribution in [1.82, 2.24) is 9.88 Å². The van der Waals surface area contributed by atoms with Crippen LogP contribution in [0.2, 0.25) is 0 Å². The van der Waals surface area contributed by atoms with Gasteiger partial charge < -0.3 is 9.88 Å². The van der Waals surface area contributed by atoms with Gasteiger partial charge in [-0.3, -0.25) is 4.79 Å². The number of para-hydroxylation sites is 1. The minimum atomic E-state index is 0.105. The van der Waals surface area contributed by atoms with Crippen molar-refractivity contribution < 1.29 is 4.79 Å². The number of amides is 1. The number of nitrogens with zero attached hydrogens (tertiary/aromatic N) is 1. The van der Waals surface area contributed by atoms with Crippen LogP contribution in [0.1, 0.15) is 11.3 Å². The Hall–Kier alpha value is -1.59. The van der Waals surface area contributed by atoms with E-state index in [1.807, 2.05) is 24.4 Å². The first-order valence-electron chi connectivity index (χ1n) is 7.27. The summed E-state index contributed by atoms with van der Waals surface area (Å²) in [6.45, 7) is 1.40. The normalized spacial score (nSPS) is 11.0. The van der Waals surface area contributed by atoms with Crippen molar-refractivity contribution in [2.24, 2.45) is 0 Å². The van der Waals surface area contributed by atoms with E-state index in [-0.39, 0.29) is 5.91 Å². The Labute approximate surface area is 142 Å². The summed E-state index contributed by atoms with van der Waals surface area (Å²) in [6, 6.07) is 14.4. The van der Waals surface area contributed by atoms with Gasteiger partial charge in [-0.05, 0) is 52.0 Å². The molecular formula is C17H17BrN2OS. The molecule has 0 radical (unpaired) electrons. The zero-order valence-electron chi connectivity index (χ0n) is 12.1. The molecule has 1 aromatic carbocycles. The van der Waals surface area contributed by atoms with E-state index in [1.165, 1.54) is 15.8 Å². The molecule has 0 saturated heterocycles. The molecule has 1 N–H and O–H groups in total. The van der Waals surface area contributed by atoms with Crippen LogP contribution in [0.3, 0.4) is 0 Å². The molecule has 0 bridgehead atoms. The number of nitrogens with one attached hydrogen (secondary N) is 1. The Morgan fingerprint density at radius 2 is 2.05 bits per heavy atom. The number of rotatable bonds is 6. The topological polar surface area (TPSA) is 34.0 Å². The number of benzene rings is 1. The van der Waals surface area contributed by atoms with E-state index in [0.29, 0.717) is 19.5 Å². The number of aryl methyl sites for hydroxylation is 1. The highest BCUT2D eigenvalue weighted by Crippen LogP contribution is 2.22. The lowest BCUT2D eigenvalue weighted by molar-refractivity contribution is -0.121. The van der Waals surface area contributed by atoms with Crippen LogP contribution in [0, 0.1) is 0 Å². The fraction of sp³-hybridized carbons (Fsp3) is 0.235. The van der Waals surface area contributed by atoms with Gasteiger partial charge in [-0.1, -0.05) is 18.2 Å². The van der Waals surface area contributed by atoms with Crippen LogP contribution >= 0.6 is 27.3 Å². The van der Waals surface area contributed by atoms with Crippen molar-refractivity contribution in [2.75, 3.05) is 6.54 Å². The predicted molar refractivity (Wildman–Crippen MR) is 95.3 cm³/mol. The molecule has 114 valence electrons. The molecule has 0 unspecified atom stereocenters. The van der Waals surface area contributed by atoms with Gasteiger partial charge in [0.2, 0.25) is 5.91 Å². The lowest BCUT2D eigenvalue weighted by Crippen LogP contribution is -2.26. The Morgan fingerprint density at radius 1 is 1.18 bits per heavy atom. The van der Waals surface area contributed by atoms with Crippen LogP contribution in [0.25, 0.3) is 10.9 Å². The maximum atomic E-state index is 11.9. The van der Waals surface area contributed by atoms with E-state index < -0.39 is 0 Å². The molecule has 22 heavy (non-hydrogen) atoms. The largest absolute Gasteiger partial charge is 0.356 e. The molecule has 3 rings (SSSR count). The van der Waals surface area contributed by atoms with Crippen LogP contribution in [-0.4, -0.2) is 17.0 Å². The standard InChI is InChI=1S/C17H17BrN2OS/c18-16-6-5-14(22-16)7-10-19-17(21)9-12-20-11-8-13-3-1-2-4-15(13)20/h1-6,8,11H,7,9-10,12H2,(H,19,21). The number of halogens is 1. The van der Waals surface area contributed by atoms with Gasteiger partial charge in [0.1, 0.15) is 0 Å². The highest BCUT2D eigenvalue weighted by Gasteiger charge is 2.05. The molecule has 0 aliphatic heterocycles. The predicted octanol–water partition coefficient (Wildman–Crippen LogP) is 4.21. The van der Waals surface area contributed by atoms with Crippen LogP contribution in [-0.2, 0) is 17.8 Å². The molecule has 0 saturated carbocycles. The van der Waals surface area contributed by atoms with Crippen molar-refractivity contribution in [1.29, 1.82) is 0 Å². The summed E-state index contributed by atoms with van der Waals surface area (Å²) in [5, 5.41) is 4.20. The molecule has 0 atom stereocenters. The van der Waals surface area contributed by atoms with E-state index >= 15 is 0 Å². The highest BCUT2D eigenvalue weighted by atomic mass is 79.9. The molecule has 0 fully saturated rings. The van der Waals surface area contributed by atoms with E-state index in [9.17, 15) is 4.79 Å². The van der Waals surface area contributed by atoms with Gasteiger partial charge in [-0.2, -0.15) is 0 Å². The van der Waals surface area contributed by atoms with E-state index in [0.717, 1.165) is 10.2 Å².